The highest BCUT2D eigenvalue weighted by Crippen LogP contribution is 2.36. The van der Waals surface area contributed by atoms with Gasteiger partial charge in [0.05, 0.1) is 43.4 Å². The molecule has 0 amide bonds. The Balaban J connectivity index is 1.74. The smallest absolute Gasteiger partial charge is 0.337 e. The predicted octanol–water partition coefficient (Wildman–Crippen LogP) is 3.96. The number of hydrogen-bond acceptors (Lipinski definition) is 8. The molecule has 0 aliphatic rings. The van der Waals surface area contributed by atoms with Crippen LogP contribution in [0.4, 0.5) is 0 Å². The second-order valence-corrected chi connectivity index (χ2v) is 9.05. The third kappa shape index (κ3) is 6.23. The van der Waals surface area contributed by atoms with Gasteiger partial charge >= 0.3 is 5.97 Å². The van der Waals surface area contributed by atoms with Crippen molar-refractivity contribution in [3.63, 3.8) is 0 Å². The van der Waals surface area contributed by atoms with E-state index in [9.17, 15) is 18.4 Å². The van der Waals surface area contributed by atoms with Crippen LogP contribution in [-0.2, 0) is 26.8 Å². The Morgan fingerprint density at radius 3 is 2.47 bits per heavy atom. The maximum Gasteiger partial charge on any atom is 0.337 e. The van der Waals surface area contributed by atoms with Crippen LogP contribution in [0.15, 0.2) is 83.7 Å². The third-order valence-corrected chi connectivity index (χ3v) is 6.26. The summed E-state index contributed by atoms with van der Waals surface area (Å²) < 4.78 is 40.0. The fourth-order valence-electron chi connectivity index (χ4n) is 4.01. The molecule has 1 heterocycles. The summed E-state index contributed by atoms with van der Waals surface area (Å²) in [5.74, 6) is -0.0475. The molecule has 196 valence electrons. The molecule has 0 aliphatic heterocycles. The van der Waals surface area contributed by atoms with E-state index in [4.69, 9.17) is 13.7 Å². The molecule has 0 saturated carbocycles. The molecular weight excluding hydrogens is 508 g/mol. The zero-order valence-electron chi connectivity index (χ0n) is 21.0. The lowest BCUT2D eigenvalue weighted by atomic mass is 9.97. The molecule has 0 radical (unpaired) electrons. The van der Waals surface area contributed by atoms with Crippen LogP contribution in [0, 0.1) is 6.92 Å². The molecular formula is C28H25N2O7S-. The molecule has 0 spiro atoms. The Kier molecular flexibility index (Phi) is 8.47. The van der Waals surface area contributed by atoms with Gasteiger partial charge in [0.2, 0.25) is 0 Å². The number of esters is 1. The van der Waals surface area contributed by atoms with E-state index >= 15 is 0 Å². The highest BCUT2D eigenvalue weighted by molar-refractivity contribution is 7.74. The average molecular weight is 534 g/mol. The Hall–Kier alpha value is -4.12. The number of nitrogens with zero attached hydrogens (tertiary/aromatic N) is 2. The van der Waals surface area contributed by atoms with Crippen LogP contribution in [0.3, 0.4) is 0 Å². The van der Waals surface area contributed by atoms with Gasteiger partial charge in [0, 0.05) is 17.2 Å². The van der Waals surface area contributed by atoms with Gasteiger partial charge in [-0.05, 0) is 54.4 Å². The van der Waals surface area contributed by atoms with E-state index in [0.29, 0.717) is 39.3 Å². The van der Waals surface area contributed by atoms with E-state index in [1.807, 2.05) is 19.1 Å². The van der Waals surface area contributed by atoms with Crippen molar-refractivity contribution >= 4 is 17.3 Å². The molecule has 10 heteroatoms. The summed E-state index contributed by atoms with van der Waals surface area (Å²) in [4.78, 5) is 24.5. The van der Waals surface area contributed by atoms with Crippen molar-refractivity contribution in [3.8, 4) is 17.0 Å². The van der Waals surface area contributed by atoms with Gasteiger partial charge in [0.1, 0.15) is 11.9 Å². The molecule has 1 aromatic heterocycles. The van der Waals surface area contributed by atoms with E-state index in [0.717, 1.165) is 5.56 Å². The van der Waals surface area contributed by atoms with Crippen LogP contribution in [-0.4, -0.2) is 38.7 Å². The number of ether oxygens (including phenoxy) is 2. The van der Waals surface area contributed by atoms with Crippen LogP contribution >= 0.6 is 0 Å². The van der Waals surface area contributed by atoms with Crippen molar-refractivity contribution in [1.82, 2.24) is 9.78 Å². The molecule has 2 unspecified atom stereocenters. The normalized spacial score (nSPS) is 12.5. The van der Waals surface area contributed by atoms with Crippen molar-refractivity contribution in [2.45, 2.75) is 19.6 Å². The zero-order valence-corrected chi connectivity index (χ0v) is 21.8. The summed E-state index contributed by atoms with van der Waals surface area (Å²) in [6.45, 7) is 2.06. The van der Waals surface area contributed by atoms with Crippen LogP contribution in [0.25, 0.3) is 11.3 Å². The number of benzene rings is 3. The van der Waals surface area contributed by atoms with Gasteiger partial charge in [-0.15, -0.1) is 0 Å². The molecule has 4 aromatic rings. The molecule has 38 heavy (non-hydrogen) atoms. The fourth-order valence-corrected chi connectivity index (χ4v) is 4.38. The lowest BCUT2D eigenvalue weighted by Crippen LogP contribution is -2.23. The van der Waals surface area contributed by atoms with Crippen molar-refractivity contribution in [3.05, 3.63) is 117 Å². The number of methoxy groups -OCH3 is 2. The highest BCUT2D eigenvalue weighted by Gasteiger charge is 2.21. The van der Waals surface area contributed by atoms with Crippen molar-refractivity contribution in [2.24, 2.45) is 0 Å². The van der Waals surface area contributed by atoms with Gasteiger partial charge in [0.15, 0.2) is 0 Å². The number of carbonyl (C=O) groups excluding carboxylic acids is 1. The third-order valence-electron chi connectivity index (χ3n) is 5.91. The van der Waals surface area contributed by atoms with Gasteiger partial charge in [-0.1, -0.05) is 42.0 Å². The lowest BCUT2D eigenvalue weighted by molar-refractivity contribution is 0.0600. The quantitative estimate of drug-likeness (QED) is 0.234. The first-order valence-electron chi connectivity index (χ1n) is 11.6. The molecule has 0 saturated heterocycles. The maximum absolute atomic E-state index is 12.6. The molecule has 4 rings (SSSR count). The number of rotatable bonds is 9. The summed E-state index contributed by atoms with van der Waals surface area (Å²) in [7, 11) is 2.79. The van der Waals surface area contributed by atoms with E-state index in [-0.39, 0.29) is 12.1 Å². The van der Waals surface area contributed by atoms with E-state index in [1.165, 1.54) is 25.0 Å². The van der Waals surface area contributed by atoms with Crippen LogP contribution in [0.5, 0.6) is 5.75 Å². The minimum atomic E-state index is -2.80. The van der Waals surface area contributed by atoms with Crippen LogP contribution in [0.1, 0.15) is 38.7 Å². The lowest BCUT2D eigenvalue weighted by Gasteiger charge is -2.22. The first-order chi connectivity index (χ1) is 18.3. The summed E-state index contributed by atoms with van der Waals surface area (Å²) in [5.41, 5.74) is 3.95. The van der Waals surface area contributed by atoms with Crippen molar-refractivity contribution in [2.75, 3.05) is 14.2 Å². The second-order valence-electron chi connectivity index (χ2n) is 8.45. The van der Waals surface area contributed by atoms with Crippen LogP contribution in [0.2, 0.25) is 0 Å². The molecule has 2 atom stereocenters. The van der Waals surface area contributed by atoms with Crippen molar-refractivity contribution in [1.29, 1.82) is 0 Å². The number of aromatic nitrogens is 2. The summed E-state index contributed by atoms with van der Waals surface area (Å²) in [6, 6.07) is 22.2. The molecule has 3 aromatic carbocycles. The molecule has 0 N–H and O–H groups in total. The standard InChI is InChI=1S/C28H26N2O7S/c1-18-7-9-20(10-8-18)27(37-38(33)34)23-16-21(11-13-25(23)35-2)24-12-14-26(31)30(29-24)17-19-5-4-6-22(15-19)28(32)36-3/h4-16,27H,17H2,1-3H3,(H,33,34)/p-1. The van der Waals surface area contributed by atoms with E-state index in [2.05, 4.69) is 5.10 Å². The topological polar surface area (TPSA) is 120 Å². The van der Waals surface area contributed by atoms with Gasteiger partial charge in [-0.2, -0.15) is 5.10 Å². The number of aryl methyl sites for hydroxylation is 1. The largest absolute Gasteiger partial charge is 0.750 e. The minimum Gasteiger partial charge on any atom is -0.750 e. The SMILES string of the molecule is COC(=O)c1cccc(Cn2nc(-c3ccc(OC)c(C(OS(=O)[O-])c4ccc(C)cc4)c3)ccc2=O)c1. The van der Waals surface area contributed by atoms with Gasteiger partial charge in [0.25, 0.3) is 5.56 Å². The molecule has 9 nitrogen and oxygen atoms in total. The molecule has 0 fully saturated rings. The predicted molar refractivity (Wildman–Crippen MR) is 140 cm³/mol. The highest BCUT2D eigenvalue weighted by atomic mass is 32.2. The number of carbonyl (C=O) groups is 1. The van der Waals surface area contributed by atoms with Gasteiger partial charge in [-0.25, -0.2) is 13.7 Å². The Morgan fingerprint density at radius 2 is 1.79 bits per heavy atom. The first-order valence-corrected chi connectivity index (χ1v) is 12.6. The number of hydrogen-bond donors (Lipinski definition) is 0. The van der Waals surface area contributed by atoms with E-state index in [1.54, 1.807) is 60.7 Å². The Labute approximate surface area is 222 Å². The first kappa shape index (κ1) is 26.9. The second kappa shape index (κ2) is 12.0. The summed E-state index contributed by atoms with van der Waals surface area (Å²) in [6.07, 6.45) is -0.962. The van der Waals surface area contributed by atoms with Gasteiger partial charge < -0.3 is 14.0 Å². The van der Waals surface area contributed by atoms with Crippen LogP contribution < -0.4 is 10.3 Å². The minimum absolute atomic E-state index is 0.130. The molecule has 0 aliphatic carbocycles. The monoisotopic (exact) mass is 533 g/mol. The average Bonchev–Trinajstić information content (AvgIpc) is 2.92. The Morgan fingerprint density at radius 1 is 1.03 bits per heavy atom. The zero-order chi connectivity index (χ0) is 27.2. The molecule has 0 bridgehead atoms. The van der Waals surface area contributed by atoms with Crippen molar-refractivity contribution < 1.29 is 27.2 Å². The summed E-state index contributed by atoms with van der Waals surface area (Å²) in [5, 5.41) is 4.52. The van der Waals surface area contributed by atoms with Gasteiger partial charge in [-0.3, -0.25) is 8.98 Å². The maximum atomic E-state index is 12.6. The Bertz CT molecular complexity index is 1530. The summed E-state index contributed by atoms with van der Waals surface area (Å²) >= 11 is -2.80. The van der Waals surface area contributed by atoms with E-state index < -0.39 is 23.4 Å². The fraction of sp³-hybridized carbons (Fsp3) is 0.179.